The summed E-state index contributed by atoms with van der Waals surface area (Å²) in [5.74, 6) is -1.05. The maximum absolute atomic E-state index is 11.2. The number of hydrogen-bond acceptors (Lipinski definition) is 4. The van der Waals surface area contributed by atoms with E-state index in [1.165, 1.54) is 12.1 Å². The van der Waals surface area contributed by atoms with Crippen molar-refractivity contribution in [3.63, 3.8) is 0 Å². The Labute approximate surface area is 145 Å². The van der Waals surface area contributed by atoms with E-state index in [4.69, 9.17) is 28.3 Å². The van der Waals surface area contributed by atoms with E-state index in [2.05, 4.69) is 4.98 Å². The van der Waals surface area contributed by atoms with Crippen LogP contribution in [0.15, 0.2) is 36.5 Å². The van der Waals surface area contributed by atoms with Gasteiger partial charge in [-0.05, 0) is 18.2 Å². The van der Waals surface area contributed by atoms with Crippen LogP contribution in [0.2, 0.25) is 10.0 Å². The molecule has 0 bridgehead atoms. The van der Waals surface area contributed by atoms with Gasteiger partial charge in [0, 0.05) is 17.8 Å². The number of carbonyl (C=O) groups is 1. The number of nitrogens with zero attached hydrogens (tertiary/aromatic N) is 3. The first-order valence-electron chi connectivity index (χ1n) is 6.70. The Hall–Kier alpha value is -2.64. The van der Waals surface area contributed by atoms with Gasteiger partial charge < -0.3 is 9.51 Å². The quantitative estimate of drug-likeness (QED) is 0.559. The van der Waals surface area contributed by atoms with Crippen molar-refractivity contribution in [3.8, 4) is 11.3 Å². The zero-order valence-corrected chi connectivity index (χ0v) is 13.5. The average Bonchev–Trinajstić information content (AvgIpc) is 2.87. The number of fused-ring (bicyclic) bond motifs is 1. The van der Waals surface area contributed by atoms with Crippen molar-refractivity contribution < 1.29 is 14.8 Å². The Balaban J connectivity index is 2.29. The molecule has 1 aromatic carbocycles. The highest BCUT2D eigenvalue weighted by atomic mass is 35.5. The zero-order chi connectivity index (χ0) is 17.4. The zero-order valence-electron chi connectivity index (χ0n) is 11.9. The number of hydrogen-bond donors (Lipinski definition) is 1. The predicted molar refractivity (Wildman–Crippen MR) is 88.6 cm³/mol. The third kappa shape index (κ3) is 2.79. The molecule has 0 unspecified atom stereocenters. The van der Waals surface area contributed by atoms with Crippen molar-refractivity contribution in [3.05, 3.63) is 62.4 Å². The van der Waals surface area contributed by atoms with Crippen LogP contribution in [0.3, 0.4) is 0 Å². The van der Waals surface area contributed by atoms with Gasteiger partial charge >= 0.3 is 5.97 Å². The summed E-state index contributed by atoms with van der Waals surface area (Å²) in [6.45, 7) is 0. The lowest BCUT2D eigenvalue weighted by Crippen LogP contribution is -2.04. The molecule has 3 rings (SSSR count). The topological polar surface area (TPSA) is 97.7 Å². The van der Waals surface area contributed by atoms with Crippen LogP contribution in [0.5, 0.6) is 0 Å². The monoisotopic (exact) mass is 365 g/mol. The van der Waals surface area contributed by atoms with Gasteiger partial charge in [0.2, 0.25) is 0 Å². The van der Waals surface area contributed by atoms with Gasteiger partial charge in [0.25, 0.3) is 5.69 Å². The normalized spacial score (nSPS) is 10.9. The van der Waals surface area contributed by atoms with Crippen LogP contribution in [0, 0.1) is 10.1 Å². The van der Waals surface area contributed by atoms with Crippen LogP contribution in [0.1, 0.15) is 5.69 Å². The van der Waals surface area contributed by atoms with Gasteiger partial charge in [-0.25, -0.2) is 4.98 Å². The highest BCUT2D eigenvalue weighted by molar-refractivity contribution is 6.33. The predicted octanol–water partition coefficient (Wildman–Crippen LogP) is 3.84. The molecule has 0 amide bonds. The second-order valence-electron chi connectivity index (χ2n) is 4.95. The smallest absolute Gasteiger partial charge is 0.309 e. The van der Waals surface area contributed by atoms with E-state index < -0.39 is 10.9 Å². The maximum atomic E-state index is 11.2. The molecule has 2 heterocycles. The van der Waals surface area contributed by atoms with Crippen molar-refractivity contribution in [2.45, 2.75) is 6.42 Å². The first kappa shape index (κ1) is 16.2. The molecule has 0 spiro atoms. The molecule has 7 nitrogen and oxygen atoms in total. The lowest BCUT2D eigenvalue weighted by molar-refractivity contribution is -0.384. The van der Waals surface area contributed by atoms with Crippen LogP contribution < -0.4 is 0 Å². The van der Waals surface area contributed by atoms with Gasteiger partial charge in [-0.3, -0.25) is 14.9 Å². The molecule has 2 aromatic heterocycles. The minimum absolute atomic E-state index is 0.00895. The van der Waals surface area contributed by atoms with E-state index in [0.717, 1.165) is 0 Å². The van der Waals surface area contributed by atoms with E-state index >= 15 is 0 Å². The summed E-state index contributed by atoms with van der Waals surface area (Å²) in [6, 6.07) is 7.49. The van der Waals surface area contributed by atoms with Crippen molar-refractivity contribution in [1.82, 2.24) is 9.38 Å². The molecular weight excluding hydrogens is 357 g/mol. The largest absolute Gasteiger partial charge is 0.481 e. The van der Waals surface area contributed by atoms with E-state index in [1.54, 1.807) is 28.8 Å². The molecule has 0 aliphatic heterocycles. The van der Waals surface area contributed by atoms with Gasteiger partial charge in [-0.2, -0.15) is 0 Å². The van der Waals surface area contributed by atoms with Crippen LogP contribution in [-0.2, 0) is 11.2 Å². The van der Waals surface area contributed by atoms with Crippen molar-refractivity contribution in [2.24, 2.45) is 0 Å². The van der Waals surface area contributed by atoms with Crippen LogP contribution >= 0.6 is 23.2 Å². The van der Waals surface area contributed by atoms with Crippen molar-refractivity contribution in [1.29, 1.82) is 0 Å². The molecule has 0 aliphatic rings. The van der Waals surface area contributed by atoms with E-state index in [1.807, 2.05) is 0 Å². The van der Waals surface area contributed by atoms with Crippen LogP contribution in [0.4, 0.5) is 5.69 Å². The van der Waals surface area contributed by atoms with Gasteiger partial charge in [0.15, 0.2) is 5.65 Å². The number of carboxylic acid groups (broad SMARTS) is 1. The summed E-state index contributed by atoms with van der Waals surface area (Å²) in [5.41, 5.74) is 1.17. The van der Waals surface area contributed by atoms with Gasteiger partial charge in [0.1, 0.15) is 5.02 Å². The molecule has 0 saturated carbocycles. The summed E-state index contributed by atoms with van der Waals surface area (Å²) in [4.78, 5) is 26.0. The molecule has 122 valence electrons. The number of carboxylic acids is 1. The summed E-state index contributed by atoms with van der Waals surface area (Å²) < 4.78 is 1.56. The Bertz CT molecular complexity index is 984. The number of benzene rings is 1. The second kappa shape index (κ2) is 6.10. The number of rotatable bonds is 4. The van der Waals surface area contributed by atoms with Crippen LogP contribution in [-0.4, -0.2) is 25.4 Å². The molecule has 1 N–H and O–H groups in total. The molecule has 0 saturated heterocycles. The molecule has 3 aromatic rings. The number of aromatic nitrogens is 2. The third-order valence-corrected chi connectivity index (χ3v) is 4.05. The minimum atomic E-state index is -1.05. The summed E-state index contributed by atoms with van der Waals surface area (Å²) in [6.07, 6.45) is 1.33. The van der Waals surface area contributed by atoms with Gasteiger partial charge in [-0.15, -0.1) is 0 Å². The summed E-state index contributed by atoms with van der Waals surface area (Å²) in [5, 5.41) is 20.6. The molecule has 0 fully saturated rings. The molecule has 0 atom stereocenters. The highest BCUT2D eigenvalue weighted by Gasteiger charge is 2.21. The lowest BCUT2D eigenvalue weighted by atomic mass is 10.1. The first-order valence-corrected chi connectivity index (χ1v) is 7.45. The Morgan fingerprint density at radius 3 is 2.71 bits per heavy atom. The van der Waals surface area contributed by atoms with Crippen LogP contribution in [0.25, 0.3) is 16.9 Å². The Morgan fingerprint density at radius 2 is 2.04 bits per heavy atom. The summed E-state index contributed by atoms with van der Waals surface area (Å²) in [7, 11) is 0. The molecule has 24 heavy (non-hydrogen) atoms. The third-order valence-electron chi connectivity index (χ3n) is 3.44. The van der Waals surface area contributed by atoms with Crippen molar-refractivity contribution >= 4 is 40.5 Å². The summed E-state index contributed by atoms with van der Waals surface area (Å²) >= 11 is 11.9. The number of imidazole rings is 1. The number of halogens is 2. The molecule has 9 heteroatoms. The average molecular weight is 366 g/mol. The highest BCUT2D eigenvalue weighted by Crippen LogP contribution is 2.33. The van der Waals surface area contributed by atoms with Gasteiger partial charge in [0.05, 0.1) is 27.8 Å². The van der Waals surface area contributed by atoms with E-state index in [-0.39, 0.29) is 17.1 Å². The molecule has 0 aliphatic carbocycles. The minimum Gasteiger partial charge on any atom is -0.481 e. The standard InChI is InChI=1S/C15H9Cl2N3O4/c16-9-4-3-8(6-11(9)20(23)24)14-12(7-13(21)22)19-5-1-2-10(17)15(19)18-14/h1-6H,7H2,(H,21,22). The first-order chi connectivity index (χ1) is 11.4. The molecular formula is C15H9Cl2N3O4. The lowest BCUT2D eigenvalue weighted by Gasteiger charge is -2.04. The fourth-order valence-corrected chi connectivity index (χ4v) is 2.82. The van der Waals surface area contributed by atoms with Crippen molar-refractivity contribution in [2.75, 3.05) is 0 Å². The van der Waals surface area contributed by atoms with Gasteiger partial charge in [-0.1, -0.05) is 29.3 Å². The maximum Gasteiger partial charge on any atom is 0.309 e. The van der Waals surface area contributed by atoms with E-state index in [0.29, 0.717) is 27.6 Å². The Morgan fingerprint density at radius 1 is 1.29 bits per heavy atom. The number of aliphatic carboxylic acids is 1. The number of nitro benzene ring substituents is 1. The molecule has 0 radical (unpaired) electrons. The number of nitro groups is 1. The number of pyridine rings is 1. The second-order valence-corrected chi connectivity index (χ2v) is 5.77. The van der Waals surface area contributed by atoms with E-state index in [9.17, 15) is 14.9 Å². The Kier molecular flexibility index (Phi) is 4.13. The fourth-order valence-electron chi connectivity index (χ4n) is 2.43. The fraction of sp³-hybridized carbons (Fsp3) is 0.0667. The SMILES string of the molecule is O=C(O)Cc1c(-c2ccc(Cl)c([N+](=O)[O-])c2)nc2c(Cl)cccn12.